The number of rotatable bonds is 1. The minimum absolute atomic E-state index is 0.212. The normalized spacial score (nSPS) is 9.65. The van der Waals surface area contributed by atoms with Gasteiger partial charge in [0.2, 0.25) is 0 Å². The van der Waals surface area contributed by atoms with Crippen LogP contribution in [0.25, 0.3) is 16.7 Å². The van der Waals surface area contributed by atoms with Gasteiger partial charge in [-0.05, 0) is 36.4 Å². The Kier molecular flexibility index (Phi) is 4.02. The van der Waals surface area contributed by atoms with Crippen molar-refractivity contribution in [3.8, 4) is 17.5 Å². The Hall–Kier alpha value is -2.80. The first-order chi connectivity index (χ1) is 9.79. The van der Waals surface area contributed by atoms with Gasteiger partial charge >= 0.3 is 0 Å². The monoisotopic (exact) mass is 265 g/mol. The summed E-state index contributed by atoms with van der Waals surface area (Å²) in [6.07, 6.45) is 3.45. The van der Waals surface area contributed by atoms with Gasteiger partial charge in [-0.2, -0.15) is 5.26 Å². The molecule has 2 heterocycles. The lowest BCUT2D eigenvalue weighted by atomic mass is 10.2. The number of pyridine rings is 1. The van der Waals surface area contributed by atoms with Crippen molar-refractivity contribution in [3.63, 3.8) is 0 Å². The largest absolute Gasteiger partial charge is 0.508 e. The van der Waals surface area contributed by atoms with E-state index in [0.717, 1.165) is 16.7 Å². The smallest absolute Gasteiger partial charge is 0.145 e. The molecule has 0 atom stereocenters. The summed E-state index contributed by atoms with van der Waals surface area (Å²) in [6, 6.07) is 12.6. The number of phenols is 1. The maximum Gasteiger partial charge on any atom is 0.145 e. The molecule has 1 aromatic carbocycles. The van der Waals surface area contributed by atoms with Crippen molar-refractivity contribution in [2.24, 2.45) is 0 Å². The van der Waals surface area contributed by atoms with E-state index in [-0.39, 0.29) is 5.75 Å². The molecule has 0 unspecified atom stereocenters. The van der Waals surface area contributed by atoms with E-state index in [4.69, 9.17) is 5.26 Å². The molecule has 0 radical (unpaired) electrons. The van der Waals surface area contributed by atoms with Crippen molar-refractivity contribution in [1.82, 2.24) is 9.55 Å². The van der Waals surface area contributed by atoms with E-state index in [2.05, 4.69) is 11.1 Å². The summed E-state index contributed by atoms with van der Waals surface area (Å²) in [5.41, 5.74) is 2.18. The van der Waals surface area contributed by atoms with Crippen LogP contribution in [0.4, 0.5) is 0 Å². The molecular formula is C16H15N3O. The third-order valence-electron chi connectivity index (χ3n) is 2.81. The molecule has 20 heavy (non-hydrogen) atoms. The first kappa shape index (κ1) is 13.6. The lowest BCUT2D eigenvalue weighted by Crippen LogP contribution is -1.92. The van der Waals surface area contributed by atoms with E-state index in [1.54, 1.807) is 36.7 Å². The summed E-state index contributed by atoms with van der Waals surface area (Å²) in [5, 5.41) is 19.2. The van der Waals surface area contributed by atoms with Gasteiger partial charge in [0.15, 0.2) is 0 Å². The van der Waals surface area contributed by atoms with Crippen molar-refractivity contribution in [2.75, 3.05) is 0 Å². The fourth-order valence-corrected chi connectivity index (χ4v) is 1.96. The summed E-state index contributed by atoms with van der Waals surface area (Å²) in [7, 11) is 0. The van der Waals surface area contributed by atoms with Gasteiger partial charge in [-0.1, -0.05) is 13.8 Å². The molecule has 4 nitrogen and oxygen atoms in total. The van der Waals surface area contributed by atoms with Gasteiger partial charge < -0.3 is 5.11 Å². The predicted octanol–water partition coefficient (Wildman–Crippen LogP) is 3.63. The molecule has 0 aliphatic heterocycles. The molecule has 4 heteroatoms. The van der Waals surface area contributed by atoms with Crippen LogP contribution in [0.2, 0.25) is 0 Å². The van der Waals surface area contributed by atoms with Gasteiger partial charge in [-0.15, -0.1) is 0 Å². The Morgan fingerprint density at radius 3 is 2.50 bits per heavy atom. The maximum atomic E-state index is 9.29. The number of hydrogen-bond acceptors (Lipinski definition) is 3. The summed E-state index contributed by atoms with van der Waals surface area (Å²) in [6.45, 7) is 4.00. The number of nitrogens with zero attached hydrogens (tertiary/aromatic N) is 3. The van der Waals surface area contributed by atoms with Crippen LogP contribution in [-0.4, -0.2) is 14.7 Å². The zero-order valence-corrected chi connectivity index (χ0v) is 11.4. The number of hydrogen-bond donors (Lipinski definition) is 1. The molecule has 3 rings (SSSR count). The van der Waals surface area contributed by atoms with Gasteiger partial charge in [0, 0.05) is 23.5 Å². The zero-order chi connectivity index (χ0) is 14.5. The van der Waals surface area contributed by atoms with Gasteiger partial charge in [-0.25, -0.2) is 4.98 Å². The van der Waals surface area contributed by atoms with E-state index in [1.807, 2.05) is 30.5 Å². The lowest BCUT2D eigenvalue weighted by molar-refractivity contribution is 0.475. The molecule has 0 bridgehead atoms. The summed E-state index contributed by atoms with van der Waals surface area (Å²) >= 11 is 0. The number of aromatic nitrogens is 2. The van der Waals surface area contributed by atoms with Crippen LogP contribution in [0.5, 0.6) is 5.75 Å². The second-order valence-corrected chi connectivity index (χ2v) is 3.92. The predicted molar refractivity (Wildman–Crippen MR) is 78.8 cm³/mol. The van der Waals surface area contributed by atoms with Crippen LogP contribution in [0.1, 0.15) is 19.4 Å². The van der Waals surface area contributed by atoms with Crippen LogP contribution in [0, 0.1) is 11.3 Å². The van der Waals surface area contributed by atoms with Gasteiger partial charge in [0.05, 0.1) is 5.56 Å². The van der Waals surface area contributed by atoms with Crippen LogP contribution in [0.15, 0.2) is 48.8 Å². The van der Waals surface area contributed by atoms with Crippen molar-refractivity contribution in [3.05, 3.63) is 54.4 Å². The highest BCUT2D eigenvalue weighted by atomic mass is 16.3. The number of benzene rings is 1. The first-order valence-electron chi connectivity index (χ1n) is 6.45. The van der Waals surface area contributed by atoms with E-state index >= 15 is 0 Å². The van der Waals surface area contributed by atoms with Crippen molar-refractivity contribution in [1.29, 1.82) is 5.26 Å². The van der Waals surface area contributed by atoms with Gasteiger partial charge in [0.25, 0.3) is 0 Å². The quantitative estimate of drug-likeness (QED) is 0.730. The molecule has 0 saturated carbocycles. The van der Waals surface area contributed by atoms with E-state index in [0.29, 0.717) is 5.56 Å². The minimum atomic E-state index is 0.212. The topological polar surface area (TPSA) is 61.8 Å². The Morgan fingerprint density at radius 1 is 1.15 bits per heavy atom. The highest BCUT2D eigenvalue weighted by molar-refractivity contribution is 5.84. The first-order valence-corrected chi connectivity index (χ1v) is 6.45. The van der Waals surface area contributed by atoms with Crippen LogP contribution in [0.3, 0.4) is 0 Å². The Morgan fingerprint density at radius 2 is 1.85 bits per heavy atom. The third-order valence-corrected chi connectivity index (χ3v) is 2.81. The molecule has 1 N–H and O–H groups in total. The fourth-order valence-electron chi connectivity index (χ4n) is 1.96. The molecule has 3 aromatic rings. The average Bonchev–Trinajstić information content (AvgIpc) is 2.89. The fraction of sp³-hybridized carbons (Fsp3) is 0.125. The molecule has 0 spiro atoms. The molecule has 100 valence electrons. The number of fused-ring (bicyclic) bond motifs is 1. The molecule has 0 aliphatic carbocycles. The number of phenolic OH excluding ortho intramolecular Hbond substituents is 1. The molecule has 0 fully saturated rings. The standard InChI is InChI=1S/C14H9N3O.C2H6/c15-8-10-9-17(11-3-5-12(18)6-4-11)14-13(10)2-1-7-16-14;1-2/h1-7,9,18H;1-2H3. The Labute approximate surface area is 117 Å². The van der Waals surface area contributed by atoms with Crippen molar-refractivity contribution < 1.29 is 5.11 Å². The molecule has 2 aromatic heterocycles. The van der Waals surface area contributed by atoms with Crippen LogP contribution in [-0.2, 0) is 0 Å². The van der Waals surface area contributed by atoms with Crippen molar-refractivity contribution >= 4 is 11.0 Å². The van der Waals surface area contributed by atoms with Crippen LogP contribution >= 0.6 is 0 Å². The van der Waals surface area contributed by atoms with E-state index in [1.165, 1.54) is 0 Å². The van der Waals surface area contributed by atoms with Gasteiger partial charge in [-0.3, -0.25) is 4.57 Å². The molecular weight excluding hydrogens is 250 g/mol. The summed E-state index contributed by atoms with van der Waals surface area (Å²) in [5.74, 6) is 0.212. The number of nitriles is 1. The van der Waals surface area contributed by atoms with Gasteiger partial charge in [0.1, 0.15) is 17.5 Å². The van der Waals surface area contributed by atoms with Crippen molar-refractivity contribution in [2.45, 2.75) is 13.8 Å². The number of aromatic hydroxyl groups is 1. The zero-order valence-electron chi connectivity index (χ0n) is 11.4. The highest BCUT2D eigenvalue weighted by Crippen LogP contribution is 2.23. The molecule has 0 amide bonds. The Balaban J connectivity index is 0.000000704. The maximum absolute atomic E-state index is 9.29. The van der Waals surface area contributed by atoms with E-state index < -0.39 is 0 Å². The van der Waals surface area contributed by atoms with Crippen LogP contribution < -0.4 is 0 Å². The Bertz CT molecular complexity index is 751. The highest BCUT2D eigenvalue weighted by Gasteiger charge is 2.09. The lowest BCUT2D eigenvalue weighted by Gasteiger charge is -2.03. The minimum Gasteiger partial charge on any atom is -0.508 e. The summed E-state index contributed by atoms with van der Waals surface area (Å²) in [4.78, 5) is 4.30. The molecule has 0 saturated heterocycles. The summed E-state index contributed by atoms with van der Waals surface area (Å²) < 4.78 is 1.84. The second-order valence-electron chi connectivity index (χ2n) is 3.92. The second kappa shape index (κ2) is 5.89. The third kappa shape index (κ3) is 2.34. The van der Waals surface area contributed by atoms with E-state index in [9.17, 15) is 5.11 Å². The average molecular weight is 265 g/mol. The molecule has 0 aliphatic rings. The SMILES string of the molecule is CC.N#Cc1cn(-c2ccc(O)cc2)c2ncccc12.